The van der Waals surface area contributed by atoms with E-state index in [2.05, 4.69) is 25.8 Å². The Labute approximate surface area is 198 Å². The predicted molar refractivity (Wildman–Crippen MR) is 131 cm³/mol. The van der Waals surface area contributed by atoms with Crippen molar-refractivity contribution in [1.29, 1.82) is 0 Å². The Morgan fingerprint density at radius 2 is 2.03 bits per heavy atom. The van der Waals surface area contributed by atoms with Crippen LogP contribution in [-0.4, -0.2) is 33.4 Å². The number of nitrogens with zero attached hydrogens (tertiary/aromatic N) is 2. The van der Waals surface area contributed by atoms with Crippen molar-refractivity contribution in [3.8, 4) is 10.4 Å². The molecule has 2 heterocycles. The summed E-state index contributed by atoms with van der Waals surface area (Å²) in [7, 11) is -0.0419. The lowest BCUT2D eigenvalue weighted by molar-refractivity contribution is 0.109. The van der Waals surface area contributed by atoms with Crippen molar-refractivity contribution < 1.29 is 14.1 Å². The Kier molecular flexibility index (Phi) is 7.40. The molecule has 174 valence electrons. The van der Waals surface area contributed by atoms with Gasteiger partial charge in [-0.05, 0) is 58.6 Å². The molecule has 4 rings (SSSR count). The zero-order valence-corrected chi connectivity index (χ0v) is 20.6. The van der Waals surface area contributed by atoms with Gasteiger partial charge in [0, 0.05) is 41.2 Å². The van der Waals surface area contributed by atoms with Crippen molar-refractivity contribution in [2.24, 2.45) is 0 Å². The molecule has 33 heavy (non-hydrogen) atoms. The van der Waals surface area contributed by atoms with E-state index in [0.29, 0.717) is 11.2 Å². The molecule has 1 aromatic carbocycles. The molecule has 0 aliphatic heterocycles. The molecular formula is C23H28N5O3PS. The zero-order valence-electron chi connectivity index (χ0n) is 18.9. The standard InChI is InChI=1S/C23H28N5O3PS/c1-13(2)31-23(29)26-16-6-4-15(5-7-16)22-24-12-20(33-22)18-9-8-17(11-19(18)32-30)25-21-10-14(3)27-28-21/h8-13,15-16H,4-7H2,1-3H3,(H,26,29)(H2,25,27,28). The number of anilines is 2. The highest BCUT2D eigenvalue weighted by molar-refractivity contribution is 7.34. The third kappa shape index (κ3) is 5.97. The second kappa shape index (κ2) is 10.4. The Morgan fingerprint density at radius 3 is 2.70 bits per heavy atom. The van der Waals surface area contributed by atoms with Gasteiger partial charge < -0.3 is 15.4 Å². The second-order valence-electron chi connectivity index (χ2n) is 8.59. The summed E-state index contributed by atoms with van der Waals surface area (Å²) < 4.78 is 17.1. The molecule has 1 saturated carbocycles. The lowest BCUT2D eigenvalue weighted by Gasteiger charge is -2.28. The topological polar surface area (TPSA) is 109 Å². The van der Waals surface area contributed by atoms with E-state index in [4.69, 9.17) is 4.74 Å². The molecule has 1 aliphatic carbocycles. The SMILES string of the molecule is Cc1cc(Nc2ccc(-c3cnc(C4CCC(NC(=O)OC(C)C)CC4)s3)c(P=O)c2)n[nH]1. The number of nitrogens with one attached hydrogen (secondary N) is 3. The zero-order chi connectivity index (χ0) is 23.4. The lowest BCUT2D eigenvalue weighted by Crippen LogP contribution is -2.38. The van der Waals surface area contributed by atoms with E-state index in [-0.39, 0.29) is 26.7 Å². The minimum atomic E-state index is -0.338. The number of hydrogen-bond acceptors (Lipinski definition) is 7. The summed E-state index contributed by atoms with van der Waals surface area (Å²) in [5.41, 5.74) is 2.72. The molecule has 0 spiro atoms. The summed E-state index contributed by atoms with van der Waals surface area (Å²) in [6.45, 7) is 5.63. The number of aromatic amines is 1. The van der Waals surface area contributed by atoms with Crippen LogP contribution in [0, 0.1) is 6.92 Å². The van der Waals surface area contributed by atoms with Gasteiger partial charge in [0.2, 0.25) is 0 Å². The Morgan fingerprint density at radius 1 is 1.24 bits per heavy atom. The molecule has 1 fully saturated rings. The van der Waals surface area contributed by atoms with E-state index in [0.717, 1.165) is 58.3 Å². The number of H-pyrrole nitrogens is 1. The predicted octanol–water partition coefficient (Wildman–Crippen LogP) is 5.66. The van der Waals surface area contributed by atoms with Gasteiger partial charge in [-0.1, -0.05) is 6.07 Å². The van der Waals surface area contributed by atoms with Gasteiger partial charge in [0.1, 0.15) is 0 Å². The van der Waals surface area contributed by atoms with Crippen LogP contribution >= 0.6 is 19.8 Å². The number of carbonyl (C=O) groups excluding carboxylic acids is 1. The number of benzene rings is 1. The van der Waals surface area contributed by atoms with Gasteiger partial charge in [-0.2, -0.15) is 5.10 Å². The number of alkyl carbamates (subject to hydrolysis) is 1. The molecular weight excluding hydrogens is 457 g/mol. The third-order valence-corrected chi connectivity index (χ3v) is 7.36. The molecule has 3 aromatic rings. The number of ether oxygens (including phenoxy) is 1. The van der Waals surface area contributed by atoms with Crippen LogP contribution in [0.1, 0.15) is 56.2 Å². The largest absolute Gasteiger partial charge is 0.447 e. The fourth-order valence-electron chi connectivity index (χ4n) is 4.02. The van der Waals surface area contributed by atoms with Crippen molar-refractivity contribution in [1.82, 2.24) is 20.5 Å². The van der Waals surface area contributed by atoms with Crippen LogP contribution < -0.4 is 15.9 Å². The van der Waals surface area contributed by atoms with E-state index >= 15 is 0 Å². The quantitative estimate of drug-likeness (QED) is 0.373. The molecule has 3 N–H and O–H groups in total. The first-order chi connectivity index (χ1) is 15.9. The van der Waals surface area contributed by atoms with Gasteiger partial charge in [-0.25, -0.2) is 9.78 Å². The smallest absolute Gasteiger partial charge is 0.407 e. The number of aryl methyl sites for hydroxylation is 1. The average Bonchev–Trinajstić information content (AvgIpc) is 3.43. The van der Waals surface area contributed by atoms with E-state index in [9.17, 15) is 9.36 Å². The summed E-state index contributed by atoms with van der Waals surface area (Å²) in [5, 5.41) is 15.1. The second-order valence-corrected chi connectivity index (χ2v) is 10.3. The first kappa shape index (κ1) is 23.4. The molecule has 2 aromatic heterocycles. The molecule has 8 nitrogen and oxygen atoms in total. The molecule has 1 amide bonds. The van der Waals surface area contributed by atoms with E-state index in [1.165, 1.54) is 0 Å². The molecule has 0 unspecified atom stereocenters. The van der Waals surface area contributed by atoms with Crippen molar-refractivity contribution in [2.45, 2.75) is 64.5 Å². The summed E-state index contributed by atoms with van der Waals surface area (Å²) in [5.74, 6) is 1.09. The van der Waals surface area contributed by atoms with Crippen molar-refractivity contribution in [3.05, 3.63) is 41.2 Å². The van der Waals surface area contributed by atoms with Gasteiger partial charge in [0.05, 0.1) is 21.3 Å². The third-order valence-electron chi connectivity index (χ3n) is 5.60. The molecule has 10 heteroatoms. The van der Waals surface area contributed by atoms with Gasteiger partial charge in [-0.3, -0.25) is 9.66 Å². The van der Waals surface area contributed by atoms with Crippen molar-refractivity contribution >= 4 is 42.7 Å². The molecule has 0 radical (unpaired) electrons. The minimum absolute atomic E-state index is 0.0419. The number of hydrogen-bond donors (Lipinski definition) is 3. The van der Waals surface area contributed by atoms with Gasteiger partial charge in [0.15, 0.2) is 14.3 Å². The number of amides is 1. The maximum Gasteiger partial charge on any atom is 0.407 e. The van der Waals surface area contributed by atoms with Gasteiger partial charge in [0.25, 0.3) is 0 Å². The van der Waals surface area contributed by atoms with E-state index < -0.39 is 0 Å². The summed E-state index contributed by atoms with van der Waals surface area (Å²) in [4.78, 5) is 17.5. The van der Waals surface area contributed by atoms with Crippen LogP contribution in [0.5, 0.6) is 0 Å². The van der Waals surface area contributed by atoms with Gasteiger partial charge >= 0.3 is 6.09 Å². The fourth-order valence-corrected chi connectivity index (χ4v) is 5.71. The number of thiazole rings is 1. The minimum Gasteiger partial charge on any atom is -0.447 e. The lowest BCUT2D eigenvalue weighted by atomic mass is 9.86. The molecule has 1 aliphatic rings. The highest BCUT2D eigenvalue weighted by atomic mass is 32.1. The van der Waals surface area contributed by atoms with Crippen molar-refractivity contribution in [3.63, 3.8) is 0 Å². The van der Waals surface area contributed by atoms with Crippen LogP contribution in [0.15, 0.2) is 30.5 Å². The van der Waals surface area contributed by atoms with Crippen molar-refractivity contribution in [2.75, 3.05) is 5.32 Å². The van der Waals surface area contributed by atoms with Crippen LogP contribution in [0.3, 0.4) is 0 Å². The van der Waals surface area contributed by atoms with Crippen LogP contribution in [-0.2, 0) is 9.30 Å². The Hall–Kier alpha value is -2.77. The van der Waals surface area contributed by atoms with Crippen LogP contribution in [0.4, 0.5) is 16.3 Å². The van der Waals surface area contributed by atoms with E-state index in [1.54, 1.807) is 11.3 Å². The monoisotopic (exact) mass is 485 g/mol. The van der Waals surface area contributed by atoms with Crippen LogP contribution in [0.2, 0.25) is 0 Å². The van der Waals surface area contributed by atoms with Gasteiger partial charge in [-0.15, -0.1) is 11.3 Å². The van der Waals surface area contributed by atoms with E-state index in [1.807, 2.05) is 51.2 Å². The number of aromatic nitrogens is 3. The normalized spacial score (nSPS) is 18.4. The Bertz CT molecular complexity index is 1120. The maximum atomic E-state index is 11.9. The fraction of sp³-hybridized carbons (Fsp3) is 0.435. The number of carbonyl (C=O) groups is 1. The Balaban J connectivity index is 1.40. The molecule has 0 saturated heterocycles. The highest BCUT2D eigenvalue weighted by Gasteiger charge is 2.26. The summed E-state index contributed by atoms with van der Waals surface area (Å²) in [6.07, 6.45) is 5.17. The first-order valence-corrected chi connectivity index (χ1v) is 12.7. The molecule has 0 bridgehead atoms. The summed E-state index contributed by atoms with van der Waals surface area (Å²) >= 11 is 1.65. The number of rotatable bonds is 7. The van der Waals surface area contributed by atoms with Crippen LogP contribution in [0.25, 0.3) is 10.4 Å². The highest BCUT2D eigenvalue weighted by Crippen LogP contribution is 2.38. The maximum absolute atomic E-state index is 11.9. The average molecular weight is 486 g/mol. The summed E-state index contributed by atoms with van der Waals surface area (Å²) in [6, 6.07) is 7.87. The first-order valence-electron chi connectivity index (χ1n) is 11.1. The molecule has 0 atom stereocenters.